The van der Waals surface area contributed by atoms with Gasteiger partial charge in [0, 0.05) is 10.4 Å². The van der Waals surface area contributed by atoms with Gasteiger partial charge in [-0.15, -0.1) is 0 Å². The highest BCUT2D eigenvalue weighted by Crippen LogP contribution is 2.24. The highest BCUT2D eigenvalue weighted by atomic mass is 35.5. The lowest BCUT2D eigenvalue weighted by atomic mass is 9.98. The van der Waals surface area contributed by atoms with Crippen LogP contribution in [0.3, 0.4) is 0 Å². The molecule has 1 fully saturated rings. The maximum absolute atomic E-state index is 12.8. The maximum atomic E-state index is 12.8. The van der Waals surface area contributed by atoms with Crippen molar-refractivity contribution in [3.63, 3.8) is 0 Å². The topological polar surface area (TPSA) is 94.8 Å². The van der Waals surface area contributed by atoms with Crippen LogP contribution in [0.1, 0.15) is 36.1 Å². The fourth-order valence-corrected chi connectivity index (χ4v) is 3.68. The van der Waals surface area contributed by atoms with E-state index in [2.05, 4.69) is 15.4 Å². The van der Waals surface area contributed by atoms with Crippen LogP contribution in [0.15, 0.2) is 23.2 Å². The lowest BCUT2D eigenvalue weighted by Crippen LogP contribution is -2.34. The summed E-state index contributed by atoms with van der Waals surface area (Å²) in [6.07, 6.45) is -0.463. The summed E-state index contributed by atoms with van der Waals surface area (Å²) in [6, 6.07) is 4.55. The third-order valence-corrected chi connectivity index (χ3v) is 5.59. The number of ether oxygens (including phenoxy) is 2. The summed E-state index contributed by atoms with van der Waals surface area (Å²) >= 11 is 7.35. The summed E-state index contributed by atoms with van der Waals surface area (Å²) < 4.78 is 11.8. The number of alkyl carbamates (subject to hydrolysis) is 1. The van der Waals surface area contributed by atoms with E-state index in [1.54, 1.807) is 16.8 Å². The largest absolute Gasteiger partial charge is 0.496 e. The number of nitrogens with zero attached hydrogens (tertiary/aromatic N) is 3. The first-order valence-corrected chi connectivity index (χ1v) is 9.81. The minimum Gasteiger partial charge on any atom is -0.496 e. The third kappa shape index (κ3) is 4.53. The van der Waals surface area contributed by atoms with Crippen LogP contribution in [0.25, 0.3) is 0 Å². The van der Waals surface area contributed by atoms with Gasteiger partial charge in [0.25, 0.3) is 5.91 Å². The smallest absolute Gasteiger partial charge is 0.407 e. The number of benzene rings is 1. The van der Waals surface area contributed by atoms with Crippen LogP contribution >= 0.6 is 22.9 Å². The first-order valence-electron chi connectivity index (χ1n) is 8.61. The van der Waals surface area contributed by atoms with Crippen molar-refractivity contribution in [3.05, 3.63) is 38.6 Å². The Labute approximate surface area is 171 Å². The normalized spacial score (nSPS) is 17.4. The first-order chi connectivity index (χ1) is 13.2. The monoisotopic (exact) mass is 424 g/mol. The molecule has 1 aromatic carbocycles. The minimum absolute atomic E-state index is 0.216. The molecule has 3 rings (SSSR count). The van der Waals surface area contributed by atoms with Crippen LogP contribution in [0, 0.1) is 0 Å². The standard InChI is InChI=1S/C18H21ClN4O4S/c1-18(2,3)15-22-23(8-11-9-27-17(25)20-11)16(28-15)21-14(24)12-7-10(19)5-6-13(12)26-4/h5-7,11H,8-9H2,1-4H3,(H,20,25)/t11-/m0/s1. The molecule has 1 aliphatic heterocycles. The number of nitrogens with one attached hydrogen (secondary N) is 1. The van der Waals surface area contributed by atoms with E-state index in [0.29, 0.717) is 22.1 Å². The zero-order valence-corrected chi connectivity index (χ0v) is 17.6. The van der Waals surface area contributed by atoms with E-state index in [-0.39, 0.29) is 23.6 Å². The molecule has 0 radical (unpaired) electrons. The van der Waals surface area contributed by atoms with Gasteiger partial charge < -0.3 is 14.8 Å². The van der Waals surface area contributed by atoms with Crippen LogP contribution in [0.4, 0.5) is 4.79 Å². The van der Waals surface area contributed by atoms with Crippen LogP contribution in [0.2, 0.25) is 5.02 Å². The van der Waals surface area contributed by atoms with Gasteiger partial charge in [-0.3, -0.25) is 4.79 Å². The van der Waals surface area contributed by atoms with E-state index in [1.165, 1.54) is 24.5 Å². The number of hydrogen-bond donors (Lipinski definition) is 1. The summed E-state index contributed by atoms with van der Waals surface area (Å²) in [4.78, 5) is 28.8. The van der Waals surface area contributed by atoms with E-state index in [9.17, 15) is 9.59 Å². The molecule has 150 valence electrons. The Hall–Kier alpha value is -2.39. The predicted molar refractivity (Wildman–Crippen MR) is 105 cm³/mol. The zero-order valence-electron chi connectivity index (χ0n) is 16.0. The van der Waals surface area contributed by atoms with Crippen LogP contribution in [-0.2, 0) is 16.7 Å². The molecule has 2 amide bonds. The summed E-state index contributed by atoms with van der Waals surface area (Å²) in [5, 5.41) is 8.54. The quantitative estimate of drug-likeness (QED) is 0.814. The minimum atomic E-state index is -0.482. The molecule has 1 N–H and O–H groups in total. The molecule has 8 nitrogen and oxygen atoms in total. The van der Waals surface area contributed by atoms with Crippen molar-refractivity contribution in [3.8, 4) is 5.75 Å². The Morgan fingerprint density at radius 1 is 1.50 bits per heavy atom. The highest BCUT2D eigenvalue weighted by molar-refractivity contribution is 7.09. The number of aromatic nitrogens is 2. The van der Waals surface area contributed by atoms with Crippen molar-refractivity contribution in [2.45, 2.75) is 38.8 Å². The van der Waals surface area contributed by atoms with Gasteiger partial charge in [0.15, 0.2) is 0 Å². The molecule has 0 unspecified atom stereocenters. The fraction of sp³-hybridized carbons (Fsp3) is 0.444. The Morgan fingerprint density at radius 2 is 2.25 bits per heavy atom. The Balaban J connectivity index is 2.01. The summed E-state index contributed by atoms with van der Waals surface area (Å²) in [5.41, 5.74) is 0.0524. The van der Waals surface area contributed by atoms with Crippen LogP contribution in [0.5, 0.6) is 5.75 Å². The number of carbonyl (C=O) groups is 2. The van der Waals surface area contributed by atoms with Gasteiger partial charge in [-0.1, -0.05) is 43.7 Å². The second-order valence-electron chi connectivity index (χ2n) is 7.32. The number of carbonyl (C=O) groups excluding carboxylic acids is 2. The molecule has 1 atom stereocenters. The lowest BCUT2D eigenvalue weighted by Gasteiger charge is -2.13. The molecule has 0 bridgehead atoms. The van der Waals surface area contributed by atoms with Gasteiger partial charge >= 0.3 is 6.09 Å². The summed E-state index contributed by atoms with van der Waals surface area (Å²) in [5.74, 6) is -0.0920. The first kappa shape index (κ1) is 20.3. The Kier molecular flexibility index (Phi) is 5.76. The fourth-order valence-electron chi connectivity index (χ4n) is 2.54. The van der Waals surface area contributed by atoms with Gasteiger partial charge in [-0.2, -0.15) is 10.1 Å². The Bertz CT molecular complexity index is 977. The molecule has 0 saturated carbocycles. The van der Waals surface area contributed by atoms with Crippen molar-refractivity contribution in [2.24, 2.45) is 4.99 Å². The number of rotatable bonds is 4. The molecular weight excluding hydrogens is 404 g/mol. The number of methoxy groups -OCH3 is 1. The molecule has 1 saturated heterocycles. The SMILES string of the molecule is COc1ccc(Cl)cc1C(=O)N=c1sc(C(C)(C)C)nn1C[C@H]1COC(=O)N1. The number of amides is 2. The van der Waals surface area contributed by atoms with E-state index >= 15 is 0 Å². The van der Waals surface area contributed by atoms with Crippen molar-refractivity contribution >= 4 is 34.9 Å². The molecule has 0 spiro atoms. The molecule has 1 aliphatic rings. The van der Waals surface area contributed by atoms with Crippen molar-refractivity contribution < 1.29 is 19.1 Å². The van der Waals surface area contributed by atoms with E-state index in [1.807, 2.05) is 20.8 Å². The van der Waals surface area contributed by atoms with Crippen molar-refractivity contribution in [1.82, 2.24) is 15.1 Å². The van der Waals surface area contributed by atoms with Crippen molar-refractivity contribution in [2.75, 3.05) is 13.7 Å². The molecule has 2 heterocycles. The van der Waals surface area contributed by atoms with Gasteiger partial charge in [0.2, 0.25) is 4.80 Å². The molecular formula is C18H21ClN4O4S. The van der Waals surface area contributed by atoms with E-state index < -0.39 is 12.0 Å². The lowest BCUT2D eigenvalue weighted by molar-refractivity contribution is 0.0994. The van der Waals surface area contributed by atoms with E-state index in [4.69, 9.17) is 21.1 Å². The molecule has 2 aromatic rings. The molecule has 1 aromatic heterocycles. The van der Waals surface area contributed by atoms with Crippen LogP contribution < -0.4 is 14.9 Å². The van der Waals surface area contributed by atoms with Gasteiger partial charge in [0.05, 0.1) is 25.3 Å². The molecule has 0 aliphatic carbocycles. The van der Waals surface area contributed by atoms with Gasteiger partial charge in [-0.05, 0) is 18.2 Å². The average Bonchev–Trinajstić information content (AvgIpc) is 3.21. The predicted octanol–water partition coefficient (Wildman–Crippen LogP) is 2.75. The van der Waals surface area contributed by atoms with E-state index in [0.717, 1.165) is 5.01 Å². The summed E-state index contributed by atoms with van der Waals surface area (Å²) in [7, 11) is 1.48. The Morgan fingerprint density at radius 3 is 2.86 bits per heavy atom. The second-order valence-corrected chi connectivity index (χ2v) is 8.72. The van der Waals surface area contributed by atoms with Crippen molar-refractivity contribution in [1.29, 1.82) is 0 Å². The highest BCUT2D eigenvalue weighted by Gasteiger charge is 2.26. The molecule has 10 heteroatoms. The number of halogens is 1. The average molecular weight is 425 g/mol. The summed E-state index contributed by atoms with van der Waals surface area (Å²) in [6.45, 7) is 6.67. The molecule has 28 heavy (non-hydrogen) atoms. The number of cyclic esters (lactones) is 1. The maximum Gasteiger partial charge on any atom is 0.407 e. The zero-order chi connectivity index (χ0) is 20.5. The number of hydrogen-bond acceptors (Lipinski definition) is 6. The second kappa shape index (κ2) is 7.92. The van der Waals surface area contributed by atoms with Crippen LogP contribution in [-0.4, -0.2) is 41.5 Å². The van der Waals surface area contributed by atoms with Gasteiger partial charge in [0.1, 0.15) is 17.4 Å². The third-order valence-electron chi connectivity index (χ3n) is 3.98. The van der Waals surface area contributed by atoms with Gasteiger partial charge in [-0.25, -0.2) is 9.48 Å².